The number of hydrogen-bond acceptors (Lipinski definition) is 4. The third-order valence-corrected chi connectivity index (χ3v) is 3.39. The first-order chi connectivity index (χ1) is 8.79. The summed E-state index contributed by atoms with van der Waals surface area (Å²) in [6, 6.07) is 6.91. The second-order valence-corrected chi connectivity index (χ2v) is 6.41. The molecular weight excluding hydrogens is 270 g/mol. The van der Waals surface area contributed by atoms with Gasteiger partial charge in [-0.25, -0.2) is 13.2 Å². The van der Waals surface area contributed by atoms with Crippen LogP contribution in [0.25, 0.3) is 0 Å². The average Bonchev–Trinajstić information content (AvgIpc) is 2.33. The number of benzene rings is 1. The molecule has 1 aromatic rings. The summed E-state index contributed by atoms with van der Waals surface area (Å²) in [5.41, 5.74) is 0.327. The predicted molar refractivity (Wildman–Crippen MR) is 69.7 cm³/mol. The zero-order valence-electron chi connectivity index (χ0n) is 10.4. The van der Waals surface area contributed by atoms with Crippen molar-refractivity contribution in [3.05, 3.63) is 35.9 Å². The third-order valence-electron chi connectivity index (χ3n) is 2.42. The van der Waals surface area contributed by atoms with Crippen LogP contribution < -0.4 is 5.32 Å². The van der Waals surface area contributed by atoms with Gasteiger partial charge in [0.2, 0.25) is 0 Å². The molecule has 0 bridgehead atoms. The van der Waals surface area contributed by atoms with E-state index in [0.29, 0.717) is 5.56 Å². The Bertz CT molecular complexity index is 553. The summed E-state index contributed by atoms with van der Waals surface area (Å²) in [5.74, 6) is -2.09. The molecule has 0 saturated heterocycles. The maximum Gasteiger partial charge on any atom is 0.326 e. The predicted octanol–water partition coefficient (Wildman–Crippen LogP) is 0.304. The lowest BCUT2D eigenvalue weighted by Gasteiger charge is -2.13. The highest BCUT2D eigenvalue weighted by atomic mass is 32.2. The molecule has 1 aromatic carbocycles. The lowest BCUT2D eigenvalue weighted by molar-refractivity contribution is -0.139. The normalized spacial score (nSPS) is 12.7. The number of hydrogen-bond donors (Lipinski definition) is 2. The van der Waals surface area contributed by atoms with Crippen molar-refractivity contribution in [2.24, 2.45) is 0 Å². The SMILES string of the molecule is CS(=O)(=O)CCC(NC(=O)c1ccccc1)C(=O)O. The standard InChI is InChI=1S/C12H15NO5S/c1-19(17,18)8-7-10(12(15)16)13-11(14)9-5-3-2-4-6-9/h2-6,10H,7-8H2,1H3,(H,13,14)(H,15,16). The van der Waals surface area contributed by atoms with Gasteiger partial charge < -0.3 is 10.4 Å². The quantitative estimate of drug-likeness (QED) is 0.783. The molecule has 19 heavy (non-hydrogen) atoms. The van der Waals surface area contributed by atoms with E-state index in [2.05, 4.69) is 5.32 Å². The summed E-state index contributed by atoms with van der Waals surface area (Å²) in [5, 5.41) is 11.3. The molecule has 2 N–H and O–H groups in total. The van der Waals surface area contributed by atoms with Crippen molar-refractivity contribution in [3.8, 4) is 0 Å². The number of nitrogens with one attached hydrogen (secondary N) is 1. The minimum atomic E-state index is -3.27. The van der Waals surface area contributed by atoms with E-state index in [1.165, 1.54) is 0 Å². The van der Waals surface area contributed by atoms with Gasteiger partial charge in [-0.15, -0.1) is 0 Å². The monoisotopic (exact) mass is 285 g/mol. The van der Waals surface area contributed by atoms with Gasteiger partial charge in [-0.1, -0.05) is 18.2 Å². The van der Waals surface area contributed by atoms with E-state index in [-0.39, 0.29) is 12.2 Å². The van der Waals surface area contributed by atoms with Gasteiger partial charge in [0, 0.05) is 11.8 Å². The van der Waals surface area contributed by atoms with Crippen LogP contribution in [-0.2, 0) is 14.6 Å². The molecule has 0 aliphatic heterocycles. The third kappa shape index (κ3) is 5.52. The number of amides is 1. The molecule has 1 rings (SSSR count). The van der Waals surface area contributed by atoms with Gasteiger partial charge in [-0.05, 0) is 18.6 Å². The highest BCUT2D eigenvalue weighted by Crippen LogP contribution is 2.02. The largest absolute Gasteiger partial charge is 0.480 e. The number of carbonyl (C=O) groups excluding carboxylic acids is 1. The van der Waals surface area contributed by atoms with Gasteiger partial charge in [-0.3, -0.25) is 4.79 Å². The Kier molecular flexibility index (Phi) is 5.05. The van der Waals surface area contributed by atoms with E-state index in [9.17, 15) is 18.0 Å². The van der Waals surface area contributed by atoms with E-state index >= 15 is 0 Å². The summed E-state index contributed by atoms with van der Waals surface area (Å²) in [7, 11) is -3.27. The number of rotatable bonds is 6. The molecule has 7 heteroatoms. The molecule has 6 nitrogen and oxygen atoms in total. The molecule has 0 saturated carbocycles. The Balaban J connectivity index is 2.69. The molecular formula is C12H15NO5S. The Morgan fingerprint density at radius 3 is 2.32 bits per heavy atom. The van der Waals surface area contributed by atoms with Crippen LogP contribution in [0.5, 0.6) is 0 Å². The Morgan fingerprint density at radius 2 is 1.84 bits per heavy atom. The van der Waals surface area contributed by atoms with Crippen LogP contribution in [0.15, 0.2) is 30.3 Å². The van der Waals surface area contributed by atoms with E-state index in [4.69, 9.17) is 5.11 Å². The summed E-state index contributed by atoms with van der Waals surface area (Å²) in [4.78, 5) is 22.7. The number of carboxylic acid groups (broad SMARTS) is 1. The fourth-order valence-corrected chi connectivity index (χ4v) is 2.08. The lowest BCUT2D eigenvalue weighted by atomic mass is 10.1. The molecule has 0 aliphatic rings. The molecule has 1 unspecified atom stereocenters. The first-order valence-corrected chi connectivity index (χ1v) is 7.62. The first kappa shape index (κ1) is 15.2. The van der Waals surface area contributed by atoms with Crippen molar-refractivity contribution in [1.29, 1.82) is 0 Å². The second-order valence-electron chi connectivity index (χ2n) is 4.15. The van der Waals surface area contributed by atoms with Crippen molar-refractivity contribution in [1.82, 2.24) is 5.32 Å². The molecule has 0 fully saturated rings. The van der Waals surface area contributed by atoms with Crippen molar-refractivity contribution in [3.63, 3.8) is 0 Å². The van der Waals surface area contributed by atoms with Gasteiger partial charge in [0.05, 0.1) is 5.75 Å². The fraction of sp³-hybridized carbons (Fsp3) is 0.333. The van der Waals surface area contributed by atoms with Crippen molar-refractivity contribution in [2.45, 2.75) is 12.5 Å². The number of carbonyl (C=O) groups is 2. The first-order valence-electron chi connectivity index (χ1n) is 5.56. The zero-order chi connectivity index (χ0) is 14.5. The van der Waals surface area contributed by atoms with Crippen LogP contribution in [0.2, 0.25) is 0 Å². The molecule has 0 aromatic heterocycles. The minimum Gasteiger partial charge on any atom is -0.480 e. The van der Waals surface area contributed by atoms with E-state index in [1.807, 2.05) is 0 Å². The van der Waals surface area contributed by atoms with Crippen molar-refractivity contribution in [2.75, 3.05) is 12.0 Å². The summed E-state index contributed by atoms with van der Waals surface area (Å²) in [6.07, 6.45) is 0.859. The zero-order valence-corrected chi connectivity index (χ0v) is 11.2. The number of sulfone groups is 1. The number of carboxylic acids is 1. The van der Waals surface area contributed by atoms with Crippen LogP contribution in [0.3, 0.4) is 0 Å². The van der Waals surface area contributed by atoms with E-state index < -0.39 is 27.8 Å². The minimum absolute atomic E-state index is 0.160. The van der Waals surface area contributed by atoms with Crippen LogP contribution in [0, 0.1) is 0 Å². The average molecular weight is 285 g/mol. The lowest BCUT2D eigenvalue weighted by Crippen LogP contribution is -2.41. The Morgan fingerprint density at radius 1 is 1.26 bits per heavy atom. The van der Waals surface area contributed by atoms with Crippen molar-refractivity contribution < 1.29 is 23.1 Å². The van der Waals surface area contributed by atoms with Crippen molar-refractivity contribution >= 4 is 21.7 Å². The molecule has 104 valence electrons. The van der Waals surface area contributed by atoms with Gasteiger partial charge in [0.15, 0.2) is 0 Å². The molecule has 0 spiro atoms. The van der Waals surface area contributed by atoms with E-state index in [1.54, 1.807) is 30.3 Å². The summed E-state index contributed by atoms with van der Waals surface area (Å²) in [6.45, 7) is 0. The Labute approximate surface area is 111 Å². The molecule has 1 amide bonds. The fourth-order valence-electron chi connectivity index (χ4n) is 1.42. The number of aliphatic carboxylic acids is 1. The summed E-state index contributed by atoms with van der Waals surface area (Å²) >= 11 is 0. The highest BCUT2D eigenvalue weighted by molar-refractivity contribution is 7.90. The molecule has 0 heterocycles. The van der Waals surface area contributed by atoms with Crippen LogP contribution >= 0.6 is 0 Å². The molecule has 0 aliphatic carbocycles. The van der Waals surface area contributed by atoms with Gasteiger partial charge in [0.25, 0.3) is 5.91 Å². The maximum absolute atomic E-state index is 11.8. The summed E-state index contributed by atoms with van der Waals surface area (Å²) < 4.78 is 22.0. The highest BCUT2D eigenvalue weighted by Gasteiger charge is 2.22. The van der Waals surface area contributed by atoms with Gasteiger partial charge in [-0.2, -0.15) is 0 Å². The van der Waals surface area contributed by atoms with Crippen LogP contribution in [-0.4, -0.2) is 43.5 Å². The van der Waals surface area contributed by atoms with Gasteiger partial charge in [0.1, 0.15) is 15.9 Å². The Hall–Kier alpha value is -1.89. The second kappa shape index (κ2) is 6.33. The molecule has 0 radical (unpaired) electrons. The molecule has 1 atom stereocenters. The smallest absolute Gasteiger partial charge is 0.326 e. The topological polar surface area (TPSA) is 101 Å². The van der Waals surface area contributed by atoms with Gasteiger partial charge >= 0.3 is 5.97 Å². The van der Waals surface area contributed by atoms with Crippen LogP contribution in [0.1, 0.15) is 16.8 Å². The maximum atomic E-state index is 11.8. The van der Waals surface area contributed by atoms with Crippen LogP contribution in [0.4, 0.5) is 0 Å². The van der Waals surface area contributed by atoms with E-state index in [0.717, 1.165) is 6.26 Å².